The maximum absolute atomic E-state index is 12.5. The maximum atomic E-state index is 12.5. The van der Waals surface area contributed by atoms with Gasteiger partial charge in [0.1, 0.15) is 5.54 Å². The lowest BCUT2D eigenvalue weighted by Crippen LogP contribution is -2.58. The van der Waals surface area contributed by atoms with E-state index in [1.165, 1.54) is 4.72 Å². The van der Waals surface area contributed by atoms with E-state index in [9.17, 15) is 31.5 Å². The highest BCUT2D eigenvalue weighted by atomic mass is 32.2. The van der Waals surface area contributed by atoms with Gasteiger partial charge >= 0.3 is 21.5 Å². The standard InChI is InChI=1S/C13H15F3N2O4S/c14-13(15,16)23(21,22)17-12(11(19)20)6-7-18(9-12)8-10-4-2-1-3-5-10/h1-5,17H,6-9H2,(H,19,20). The molecule has 2 N–H and O–H groups in total. The van der Waals surface area contributed by atoms with E-state index < -0.39 is 27.0 Å². The van der Waals surface area contributed by atoms with Gasteiger partial charge < -0.3 is 5.11 Å². The Balaban J connectivity index is 2.16. The zero-order chi connectivity index (χ0) is 17.3. The molecular weight excluding hydrogens is 337 g/mol. The van der Waals surface area contributed by atoms with Crippen molar-refractivity contribution in [3.63, 3.8) is 0 Å². The molecule has 0 aromatic heterocycles. The van der Waals surface area contributed by atoms with Gasteiger partial charge in [0.05, 0.1) is 0 Å². The molecule has 2 rings (SSSR count). The molecule has 1 unspecified atom stereocenters. The number of aliphatic carboxylic acids is 1. The summed E-state index contributed by atoms with van der Waals surface area (Å²) in [6, 6.07) is 8.94. The normalized spacial score (nSPS) is 23.1. The predicted octanol–water partition coefficient (Wildman–Crippen LogP) is 1.15. The van der Waals surface area contributed by atoms with Crippen LogP contribution in [-0.4, -0.2) is 48.5 Å². The molecule has 0 amide bonds. The molecule has 0 aliphatic carbocycles. The Kier molecular flexibility index (Phi) is 4.69. The predicted molar refractivity (Wildman–Crippen MR) is 74.8 cm³/mol. The van der Waals surface area contributed by atoms with Crippen LogP contribution in [0.1, 0.15) is 12.0 Å². The Morgan fingerprint density at radius 3 is 2.43 bits per heavy atom. The molecule has 1 fully saturated rings. The summed E-state index contributed by atoms with van der Waals surface area (Å²) >= 11 is 0. The van der Waals surface area contributed by atoms with Gasteiger partial charge in [0.2, 0.25) is 0 Å². The number of sulfonamides is 1. The second-order valence-electron chi connectivity index (χ2n) is 5.38. The van der Waals surface area contributed by atoms with E-state index in [1.54, 1.807) is 35.2 Å². The van der Waals surface area contributed by atoms with Gasteiger partial charge in [-0.05, 0) is 12.0 Å². The maximum Gasteiger partial charge on any atom is 0.511 e. The fraction of sp³-hybridized carbons (Fsp3) is 0.462. The average molecular weight is 352 g/mol. The largest absolute Gasteiger partial charge is 0.511 e. The fourth-order valence-corrected chi connectivity index (χ4v) is 3.37. The second kappa shape index (κ2) is 6.10. The lowest BCUT2D eigenvalue weighted by Gasteiger charge is -2.26. The first-order valence-corrected chi connectivity index (χ1v) is 8.14. The van der Waals surface area contributed by atoms with Gasteiger partial charge in [-0.1, -0.05) is 30.3 Å². The minimum absolute atomic E-state index is 0.168. The number of alkyl halides is 3. The number of nitrogens with zero attached hydrogens (tertiary/aromatic N) is 1. The van der Waals surface area contributed by atoms with E-state index >= 15 is 0 Å². The average Bonchev–Trinajstić information content (AvgIpc) is 2.82. The van der Waals surface area contributed by atoms with Crippen LogP contribution in [0.25, 0.3) is 0 Å². The van der Waals surface area contributed by atoms with Crippen LogP contribution in [0, 0.1) is 0 Å². The lowest BCUT2D eigenvalue weighted by molar-refractivity contribution is -0.143. The molecule has 1 aliphatic rings. The van der Waals surface area contributed by atoms with E-state index in [4.69, 9.17) is 0 Å². The van der Waals surface area contributed by atoms with Crippen LogP contribution in [-0.2, 0) is 21.4 Å². The Hall–Kier alpha value is -1.65. The molecule has 128 valence electrons. The molecule has 0 spiro atoms. The molecule has 1 aromatic carbocycles. The second-order valence-corrected chi connectivity index (χ2v) is 7.06. The van der Waals surface area contributed by atoms with E-state index in [1.807, 2.05) is 0 Å². The van der Waals surface area contributed by atoms with Crippen LogP contribution < -0.4 is 4.72 Å². The van der Waals surface area contributed by atoms with Gasteiger partial charge in [-0.3, -0.25) is 9.69 Å². The Morgan fingerprint density at radius 2 is 1.91 bits per heavy atom. The number of nitrogens with one attached hydrogen (secondary N) is 1. The summed E-state index contributed by atoms with van der Waals surface area (Å²) in [4.78, 5) is 13.0. The van der Waals surface area contributed by atoms with Gasteiger partial charge in [-0.25, -0.2) is 8.42 Å². The Labute approximate surface area is 131 Å². The summed E-state index contributed by atoms with van der Waals surface area (Å²) < 4.78 is 61.4. The number of carboxylic acids is 1. The van der Waals surface area contributed by atoms with Crippen LogP contribution in [0.5, 0.6) is 0 Å². The molecule has 0 bridgehead atoms. The highest BCUT2D eigenvalue weighted by Gasteiger charge is 2.55. The minimum Gasteiger partial charge on any atom is -0.480 e. The summed E-state index contributed by atoms with van der Waals surface area (Å²) in [5, 5.41) is 9.26. The molecule has 6 nitrogen and oxygen atoms in total. The number of hydrogen-bond donors (Lipinski definition) is 2. The quantitative estimate of drug-likeness (QED) is 0.830. The molecule has 0 saturated carbocycles. The lowest BCUT2D eigenvalue weighted by atomic mass is 10.0. The highest BCUT2D eigenvalue weighted by molar-refractivity contribution is 7.90. The Morgan fingerprint density at radius 1 is 1.30 bits per heavy atom. The van der Waals surface area contributed by atoms with Gasteiger partial charge in [-0.2, -0.15) is 17.9 Å². The van der Waals surface area contributed by atoms with Crippen LogP contribution in [0.2, 0.25) is 0 Å². The van der Waals surface area contributed by atoms with Crippen LogP contribution in [0.3, 0.4) is 0 Å². The summed E-state index contributed by atoms with van der Waals surface area (Å²) in [7, 11) is -5.74. The van der Waals surface area contributed by atoms with Crippen molar-refractivity contribution in [1.82, 2.24) is 9.62 Å². The number of rotatable bonds is 5. The summed E-state index contributed by atoms with van der Waals surface area (Å²) in [6.07, 6.45) is -0.246. The number of likely N-dealkylation sites (tertiary alicyclic amines) is 1. The summed E-state index contributed by atoms with van der Waals surface area (Å²) in [5.41, 5.74) is -6.88. The molecule has 1 aromatic rings. The topological polar surface area (TPSA) is 86.7 Å². The van der Waals surface area contributed by atoms with Crippen molar-refractivity contribution in [2.75, 3.05) is 13.1 Å². The number of hydrogen-bond acceptors (Lipinski definition) is 4. The van der Waals surface area contributed by atoms with Crippen molar-refractivity contribution in [3.8, 4) is 0 Å². The molecule has 1 saturated heterocycles. The van der Waals surface area contributed by atoms with Crippen LogP contribution in [0.4, 0.5) is 13.2 Å². The molecule has 1 aliphatic heterocycles. The molecule has 23 heavy (non-hydrogen) atoms. The van der Waals surface area contributed by atoms with Gasteiger partial charge in [0.25, 0.3) is 0 Å². The Bertz CT molecular complexity index is 678. The number of halogens is 3. The van der Waals surface area contributed by atoms with Gasteiger partial charge in [0.15, 0.2) is 0 Å². The van der Waals surface area contributed by atoms with E-state index in [0.717, 1.165) is 5.56 Å². The van der Waals surface area contributed by atoms with Crippen molar-refractivity contribution >= 4 is 16.0 Å². The SMILES string of the molecule is O=C(O)C1(NS(=O)(=O)C(F)(F)F)CCN(Cc2ccccc2)C1. The van der Waals surface area contributed by atoms with Crippen molar-refractivity contribution < 1.29 is 31.5 Å². The zero-order valence-electron chi connectivity index (χ0n) is 11.9. The smallest absolute Gasteiger partial charge is 0.480 e. The molecule has 10 heteroatoms. The zero-order valence-corrected chi connectivity index (χ0v) is 12.7. The first-order valence-electron chi connectivity index (χ1n) is 6.66. The first-order chi connectivity index (χ1) is 10.6. The monoisotopic (exact) mass is 352 g/mol. The summed E-state index contributed by atoms with van der Waals surface area (Å²) in [6.45, 7) is 0.151. The molecule has 0 radical (unpaired) electrons. The van der Waals surface area contributed by atoms with Crippen molar-refractivity contribution in [2.45, 2.75) is 24.0 Å². The third kappa shape index (κ3) is 3.82. The van der Waals surface area contributed by atoms with Crippen molar-refractivity contribution in [2.24, 2.45) is 0 Å². The molecule has 1 heterocycles. The van der Waals surface area contributed by atoms with E-state index in [2.05, 4.69) is 0 Å². The minimum atomic E-state index is -5.74. The van der Waals surface area contributed by atoms with Crippen LogP contribution in [0.15, 0.2) is 30.3 Å². The third-order valence-electron chi connectivity index (χ3n) is 3.64. The van der Waals surface area contributed by atoms with Crippen LogP contribution >= 0.6 is 0 Å². The highest BCUT2D eigenvalue weighted by Crippen LogP contribution is 2.29. The van der Waals surface area contributed by atoms with E-state index in [-0.39, 0.29) is 19.5 Å². The summed E-state index contributed by atoms with van der Waals surface area (Å²) in [5.74, 6) is -1.62. The van der Waals surface area contributed by atoms with E-state index in [0.29, 0.717) is 6.54 Å². The van der Waals surface area contributed by atoms with Crippen molar-refractivity contribution in [1.29, 1.82) is 0 Å². The van der Waals surface area contributed by atoms with Gasteiger partial charge in [0, 0.05) is 19.6 Å². The number of carboxylic acid groups (broad SMARTS) is 1. The van der Waals surface area contributed by atoms with Gasteiger partial charge in [-0.15, -0.1) is 0 Å². The number of carbonyl (C=O) groups is 1. The number of benzene rings is 1. The molecular formula is C13H15F3N2O4S. The third-order valence-corrected chi connectivity index (χ3v) is 4.91. The van der Waals surface area contributed by atoms with Crippen molar-refractivity contribution in [3.05, 3.63) is 35.9 Å². The first kappa shape index (κ1) is 17.7. The molecule has 1 atom stereocenters. The fourth-order valence-electron chi connectivity index (χ4n) is 2.48.